The lowest BCUT2D eigenvalue weighted by molar-refractivity contribution is -0.156. The third-order valence-electron chi connectivity index (χ3n) is 2.52. The van der Waals surface area contributed by atoms with Crippen molar-refractivity contribution >= 4 is 17.6 Å². The maximum absolute atomic E-state index is 12.0. The average Bonchev–Trinajstić information content (AvgIpc) is 2.64. The predicted octanol–water partition coefficient (Wildman–Crippen LogP) is 3.85. The number of esters is 1. The highest BCUT2D eigenvalue weighted by atomic mass is 35.5. The summed E-state index contributed by atoms with van der Waals surface area (Å²) in [5, 5.41) is 0. The molecule has 1 aliphatic carbocycles. The van der Waals surface area contributed by atoms with Crippen LogP contribution in [0.2, 0.25) is 0 Å². The molecule has 1 unspecified atom stereocenters. The average molecular weight is 257 g/mol. The molecule has 0 heterocycles. The Kier molecular flexibility index (Phi) is 5.26. The Bertz CT molecular complexity index is 324. The number of ether oxygens (including phenoxy) is 1. The summed E-state index contributed by atoms with van der Waals surface area (Å²) in [4.78, 5) is 12.0. The predicted molar refractivity (Wildman–Crippen MR) is 71.1 cm³/mol. The molecule has 96 valence electrons. The topological polar surface area (TPSA) is 26.3 Å². The summed E-state index contributed by atoms with van der Waals surface area (Å²) in [7, 11) is 0. The minimum Gasteiger partial charge on any atom is -0.459 e. The molecule has 1 rings (SSSR count). The molecular weight excluding hydrogens is 236 g/mol. The fraction of sp³-hybridized carbons (Fsp3) is 0.643. The Morgan fingerprint density at radius 1 is 1.41 bits per heavy atom. The van der Waals surface area contributed by atoms with Crippen molar-refractivity contribution in [2.45, 2.75) is 45.6 Å². The van der Waals surface area contributed by atoms with Crippen LogP contribution in [0.5, 0.6) is 0 Å². The van der Waals surface area contributed by atoms with E-state index in [2.05, 4.69) is 0 Å². The van der Waals surface area contributed by atoms with Crippen LogP contribution in [0.3, 0.4) is 0 Å². The zero-order chi connectivity index (χ0) is 12.9. The first-order chi connectivity index (χ1) is 7.94. The summed E-state index contributed by atoms with van der Waals surface area (Å²) in [5.74, 6) is 0.339. The van der Waals surface area contributed by atoms with Gasteiger partial charge in [-0.2, -0.15) is 0 Å². The highest BCUT2D eigenvalue weighted by Crippen LogP contribution is 2.27. The van der Waals surface area contributed by atoms with Gasteiger partial charge in [0.1, 0.15) is 5.60 Å². The molecule has 0 spiro atoms. The van der Waals surface area contributed by atoms with Gasteiger partial charge in [-0.05, 0) is 40.0 Å². The number of carbonyl (C=O) groups is 1. The molecule has 2 nitrogen and oxygen atoms in total. The summed E-state index contributed by atoms with van der Waals surface area (Å²) in [6.07, 6.45) is 8.79. The van der Waals surface area contributed by atoms with Crippen molar-refractivity contribution in [3.05, 3.63) is 23.8 Å². The molecule has 0 N–H and O–H groups in total. The van der Waals surface area contributed by atoms with E-state index in [0.29, 0.717) is 5.88 Å². The van der Waals surface area contributed by atoms with E-state index in [-0.39, 0.29) is 11.9 Å². The van der Waals surface area contributed by atoms with E-state index < -0.39 is 5.60 Å². The van der Waals surface area contributed by atoms with E-state index in [1.54, 1.807) is 0 Å². The van der Waals surface area contributed by atoms with Crippen LogP contribution in [-0.4, -0.2) is 17.5 Å². The second-order valence-corrected chi connectivity index (χ2v) is 5.66. The molecule has 1 aliphatic rings. The number of carbonyl (C=O) groups excluding carboxylic acids is 1. The summed E-state index contributed by atoms with van der Waals surface area (Å²) in [6.45, 7) is 5.67. The third-order valence-corrected chi connectivity index (χ3v) is 2.79. The van der Waals surface area contributed by atoms with Gasteiger partial charge in [0.25, 0.3) is 0 Å². The Hall–Kier alpha value is -0.760. The fourth-order valence-corrected chi connectivity index (χ4v) is 1.96. The zero-order valence-electron chi connectivity index (χ0n) is 10.8. The van der Waals surface area contributed by atoms with E-state index in [1.807, 2.05) is 39.0 Å². The SMILES string of the molecule is CC(C)(C)OC(=O)C1C=CC=C1CCCCCl. The van der Waals surface area contributed by atoms with E-state index in [1.165, 1.54) is 0 Å². The van der Waals surface area contributed by atoms with Gasteiger partial charge < -0.3 is 4.74 Å². The van der Waals surface area contributed by atoms with Crippen molar-refractivity contribution in [3.8, 4) is 0 Å². The Morgan fingerprint density at radius 3 is 2.71 bits per heavy atom. The van der Waals surface area contributed by atoms with Crippen molar-refractivity contribution in [2.24, 2.45) is 5.92 Å². The highest BCUT2D eigenvalue weighted by Gasteiger charge is 2.27. The van der Waals surface area contributed by atoms with Gasteiger partial charge >= 0.3 is 5.97 Å². The van der Waals surface area contributed by atoms with Crippen molar-refractivity contribution in [2.75, 3.05) is 5.88 Å². The number of hydrogen-bond acceptors (Lipinski definition) is 2. The Morgan fingerprint density at radius 2 is 2.12 bits per heavy atom. The zero-order valence-corrected chi connectivity index (χ0v) is 11.6. The number of allylic oxidation sites excluding steroid dienone is 2. The lowest BCUT2D eigenvalue weighted by Crippen LogP contribution is -2.28. The molecular formula is C14H21ClO2. The summed E-state index contributed by atoms with van der Waals surface area (Å²) >= 11 is 5.65. The lowest BCUT2D eigenvalue weighted by atomic mass is 9.97. The first-order valence-electron chi connectivity index (χ1n) is 6.10. The molecule has 0 radical (unpaired) electrons. The molecule has 17 heavy (non-hydrogen) atoms. The molecule has 0 aromatic carbocycles. The quantitative estimate of drug-likeness (QED) is 0.424. The first kappa shape index (κ1) is 14.3. The molecule has 0 aliphatic heterocycles. The number of hydrogen-bond donors (Lipinski definition) is 0. The summed E-state index contributed by atoms with van der Waals surface area (Å²) < 4.78 is 5.40. The number of halogens is 1. The molecule has 3 heteroatoms. The van der Waals surface area contributed by atoms with Gasteiger partial charge in [0.15, 0.2) is 0 Å². The standard InChI is InChI=1S/C14H21ClO2/c1-14(2,3)17-13(16)12-9-6-8-11(12)7-4-5-10-15/h6,8-9,12H,4-5,7,10H2,1-3H3. The van der Waals surface area contributed by atoms with Gasteiger partial charge in [-0.3, -0.25) is 4.79 Å². The van der Waals surface area contributed by atoms with Crippen LogP contribution in [0.1, 0.15) is 40.0 Å². The minimum absolute atomic E-state index is 0.150. The molecule has 0 amide bonds. The van der Waals surface area contributed by atoms with Crippen molar-refractivity contribution in [1.29, 1.82) is 0 Å². The van der Waals surface area contributed by atoms with E-state index in [9.17, 15) is 4.79 Å². The van der Waals surface area contributed by atoms with Crippen LogP contribution >= 0.6 is 11.6 Å². The van der Waals surface area contributed by atoms with E-state index >= 15 is 0 Å². The normalized spacial score (nSPS) is 19.3. The monoisotopic (exact) mass is 256 g/mol. The van der Waals surface area contributed by atoms with Crippen LogP contribution in [0.4, 0.5) is 0 Å². The maximum Gasteiger partial charge on any atom is 0.317 e. The number of alkyl halides is 1. The van der Waals surface area contributed by atoms with Gasteiger partial charge in [-0.1, -0.05) is 23.8 Å². The number of rotatable bonds is 5. The van der Waals surface area contributed by atoms with Crippen LogP contribution in [0.25, 0.3) is 0 Å². The molecule has 0 saturated heterocycles. The van der Waals surface area contributed by atoms with Crippen molar-refractivity contribution in [3.63, 3.8) is 0 Å². The van der Waals surface area contributed by atoms with E-state index in [0.717, 1.165) is 24.8 Å². The molecule has 0 fully saturated rings. The van der Waals surface area contributed by atoms with Crippen molar-refractivity contribution < 1.29 is 9.53 Å². The second kappa shape index (κ2) is 6.25. The smallest absolute Gasteiger partial charge is 0.317 e. The molecule has 0 bridgehead atoms. The third kappa shape index (κ3) is 4.95. The molecule has 0 aromatic heterocycles. The maximum atomic E-state index is 12.0. The van der Waals surface area contributed by atoms with Gasteiger partial charge in [0.2, 0.25) is 0 Å². The molecule has 0 aromatic rings. The van der Waals surface area contributed by atoms with Crippen LogP contribution < -0.4 is 0 Å². The first-order valence-corrected chi connectivity index (χ1v) is 6.63. The van der Waals surface area contributed by atoms with Gasteiger partial charge in [0, 0.05) is 5.88 Å². The highest BCUT2D eigenvalue weighted by molar-refractivity contribution is 6.17. The van der Waals surface area contributed by atoms with Crippen molar-refractivity contribution in [1.82, 2.24) is 0 Å². The van der Waals surface area contributed by atoms with E-state index in [4.69, 9.17) is 16.3 Å². The Labute approximate surface area is 109 Å². The second-order valence-electron chi connectivity index (χ2n) is 5.28. The van der Waals surface area contributed by atoms with Gasteiger partial charge in [-0.25, -0.2) is 0 Å². The largest absolute Gasteiger partial charge is 0.459 e. The Balaban J connectivity index is 2.50. The molecule has 1 atom stereocenters. The summed E-state index contributed by atoms with van der Waals surface area (Å²) in [6, 6.07) is 0. The lowest BCUT2D eigenvalue weighted by Gasteiger charge is -2.22. The number of unbranched alkanes of at least 4 members (excludes halogenated alkanes) is 1. The molecule has 0 saturated carbocycles. The van der Waals surface area contributed by atoms with Gasteiger partial charge in [-0.15, -0.1) is 11.6 Å². The fourth-order valence-electron chi connectivity index (χ4n) is 1.78. The van der Waals surface area contributed by atoms with Crippen LogP contribution in [-0.2, 0) is 9.53 Å². The summed E-state index contributed by atoms with van der Waals surface area (Å²) in [5.41, 5.74) is 0.721. The van der Waals surface area contributed by atoms with Gasteiger partial charge in [0.05, 0.1) is 5.92 Å². The van der Waals surface area contributed by atoms with Crippen LogP contribution in [0.15, 0.2) is 23.8 Å². The minimum atomic E-state index is -0.422. The van der Waals surface area contributed by atoms with Crippen LogP contribution in [0, 0.1) is 5.92 Å².